The molecule has 0 aliphatic rings. The molecule has 0 radical (unpaired) electrons. The van der Waals surface area contributed by atoms with Gasteiger partial charge in [0.05, 0.1) is 0 Å². The monoisotopic (exact) mass is 350 g/mol. The van der Waals surface area contributed by atoms with E-state index in [1.807, 2.05) is 0 Å². The second-order valence-electron chi connectivity index (χ2n) is 4.84. The summed E-state index contributed by atoms with van der Waals surface area (Å²) < 4.78 is 4.98. The zero-order valence-electron chi connectivity index (χ0n) is 13.2. The van der Waals surface area contributed by atoms with E-state index in [0.29, 0.717) is 41.1 Å². The van der Waals surface area contributed by atoms with Crippen LogP contribution < -0.4 is 21.9 Å². The number of rotatable bonds is 8. The van der Waals surface area contributed by atoms with Crippen molar-refractivity contribution in [2.24, 2.45) is 0 Å². The molecular weight excluding hydrogens is 332 g/mol. The number of hydrogen-bond donors (Lipinski definition) is 4. The number of nitrogens with one attached hydrogen (secondary N) is 3. The Labute approximate surface area is 144 Å². The van der Waals surface area contributed by atoms with E-state index in [1.165, 1.54) is 6.33 Å². The molecule has 0 unspecified atom stereocenters. The van der Waals surface area contributed by atoms with E-state index in [4.69, 9.17) is 22.1 Å². The maximum Gasteiger partial charge on any atom is 0.269 e. The van der Waals surface area contributed by atoms with Crippen LogP contribution in [0.15, 0.2) is 30.6 Å². The predicted molar refractivity (Wildman–Crippen MR) is 94.0 cm³/mol. The number of nitrogens with two attached hydrogens (primary N) is 1. The topological polar surface area (TPSA) is 114 Å². The maximum atomic E-state index is 12.0. The highest BCUT2D eigenvalue weighted by Crippen LogP contribution is 2.21. The van der Waals surface area contributed by atoms with Gasteiger partial charge in [-0.2, -0.15) is 0 Å². The molecule has 1 aromatic carbocycles. The quantitative estimate of drug-likeness (QED) is 0.424. The third kappa shape index (κ3) is 4.97. The number of anilines is 3. The molecule has 0 aliphatic carbocycles. The molecule has 128 valence electrons. The summed E-state index contributed by atoms with van der Waals surface area (Å²) in [6.45, 7) is 1.30. The Balaban J connectivity index is 1.94. The molecule has 24 heavy (non-hydrogen) atoms. The summed E-state index contributed by atoms with van der Waals surface area (Å²) in [5, 5.41) is 3.65. The van der Waals surface area contributed by atoms with Crippen LogP contribution in [-0.4, -0.2) is 36.1 Å². The van der Waals surface area contributed by atoms with Gasteiger partial charge in [-0.15, -0.1) is 0 Å². The summed E-state index contributed by atoms with van der Waals surface area (Å²) >= 11 is 5.79. The molecule has 0 atom stereocenters. The smallest absolute Gasteiger partial charge is 0.269 e. The number of carbonyl (C=O) groups is 1. The van der Waals surface area contributed by atoms with E-state index < -0.39 is 0 Å². The van der Waals surface area contributed by atoms with Crippen LogP contribution in [-0.2, 0) is 4.74 Å². The van der Waals surface area contributed by atoms with Crippen LogP contribution in [0.1, 0.15) is 16.8 Å². The second kappa shape index (κ2) is 8.90. The third-order valence-electron chi connectivity index (χ3n) is 3.10. The second-order valence-corrected chi connectivity index (χ2v) is 5.28. The third-order valence-corrected chi connectivity index (χ3v) is 3.35. The maximum absolute atomic E-state index is 12.0. The Morgan fingerprint density at radius 1 is 1.25 bits per heavy atom. The van der Waals surface area contributed by atoms with E-state index in [2.05, 4.69) is 26.1 Å². The molecule has 2 aromatic rings. The number of aromatic nitrogens is 2. The van der Waals surface area contributed by atoms with Crippen molar-refractivity contribution in [2.45, 2.75) is 6.42 Å². The summed E-state index contributed by atoms with van der Waals surface area (Å²) in [4.78, 5) is 20.1. The summed E-state index contributed by atoms with van der Waals surface area (Å²) in [5.41, 5.74) is 12.0. The summed E-state index contributed by atoms with van der Waals surface area (Å²) in [6, 6.07) is 6.51. The fourth-order valence-corrected chi connectivity index (χ4v) is 1.97. The van der Waals surface area contributed by atoms with Crippen molar-refractivity contribution >= 4 is 34.8 Å². The molecular formula is C15H19ClN6O2. The molecule has 0 aliphatic heterocycles. The summed E-state index contributed by atoms with van der Waals surface area (Å²) in [5.74, 6) is 0.463. The van der Waals surface area contributed by atoms with Gasteiger partial charge in [-0.3, -0.25) is 15.6 Å². The summed E-state index contributed by atoms with van der Waals surface area (Å²) in [7, 11) is 1.64. The van der Waals surface area contributed by atoms with Gasteiger partial charge in [0.2, 0.25) is 0 Å². The minimum atomic E-state index is -0.334. The van der Waals surface area contributed by atoms with E-state index in [-0.39, 0.29) is 5.91 Å². The van der Waals surface area contributed by atoms with Gasteiger partial charge in [0.25, 0.3) is 5.91 Å². The molecule has 8 nitrogen and oxygen atoms in total. The van der Waals surface area contributed by atoms with E-state index in [0.717, 1.165) is 6.42 Å². The molecule has 0 spiro atoms. The van der Waals surface area contributed by atoms with Crippen molar-refractivity contribution in [3.63, 3.8) is 0 Å². The zero-order valence-corrected chi connectivity index (χ0v) is 13.9. The number of amides is 1. The van der Waals surface area contributed by atoms with Crippen molar-refractivity contribution < 1.29 is 9.53 Å². The molecule has 1 heterocycles. The highest BCUT2D eigenvalue weighted by Gasteiger charge is 2.10. The van der Waals surface area contributed by atoms with Crippen molar-refractivity contribution in [2.75, 3.05) is 36.7 Å². The van der Waals surface area contributed by atoms with Gasteiger partial charge >= 0.3 is 0 Å². The SMILES string of the molecule is COCCCNc1ncnc(NNC(=O)c2ccc(Cl)cc2)c1N. The minimum absolute atomic E-state index is 0.307. The van der Waals surface area contributed by atoms with E-state index in [1.54, 1.807) is 31.4 Å². The lowest BCUT2D eigenvalue weighted by Crippen LogP contribution is -2.30. The molecule has 1 aromatic heterocycles. The standard InChI is InChI=1S/C15H19ClN6O2/c1-24-8-2-7-18-13-12(17)14(20-9-19-13)21-22-15(23)10-3-5-11(16)6-4-10/h3-6,9H,2,7-8,17H2,1H3,(H,22,23)(H2,18,19,20,21). The van der Waals surface area contributed by atoms with Crippen LogP contribution in [0.25, 0.3) is 0 Å². The first-order valence-corrected chi connectivity index (χ1v) is 7.65. The Hall–Kier alpha value is -2.58. The first-order valence-electron chi connectivity index (χ1n) is 7.27. The number of methoxy groups -OCH3 is 1. The first-order chi connectivity index (χ1) is 11.6. The van der Waals surface area contributed by atoms with Crippen LogP contribution in [0.3, 0.4) is 0 Å². The van der Waals surface area contributed by atoms with Gasteiger partial charge in [-0.25, -0.2) is 9.97 Å². The molecule has 0 bridgehead atoms. The van der Waals surface area contributed by atoms with Crippen molar-refractivity contribution in [3.05, 3.63) is 41.2 Å². The average Bonchev–Trinajstić information content (AvgIpc) is 2.59. The number of hydrazine groups is 1. The average molecular weight is 351 g/mol. The van der Waals surface area contributed by atoms with Gasteiger partial charge in [0.1, 0.15) is 12.0 Å². The van der Waals surface area contributed by atoms with Gasteiger partial charge in [0, 0.05) is 30.8 Å². The molecule has 0 saturated carbocycles. The zero-order chi connectivity index (χ0) is 17.4. The van der Waals surface area contributed by atoms with Crippen LogP contribution in [0.4, 0.5) is 17.3 Å². The first kappa shape index (κ1) is 17.8. The number of carbonyl (C=O) groups excluding carboxylic acids is 1. The fraction of sp³-hybridized carbons (Fsp3) is 0.267. The number of nitrogens with zero attached hydrogens (tertiary/aromatic N) is 2. The van der Waals surface area contributed by atoms with E-state index >= 15 is 0 Å². The lowest BCUT2D eigenvalue weighted by atomic mass is 10.2. The normalized spacial score (nSPS) is 10.2. The Bertz CT molecular complexity index is 680. The minimum Gasteiger partial charge on any atom is -0.393 e. The Morgan fingerprint density at radius 3 is 2.67 bits per heavy atom. The lowest BCUT2D eigenvalue weighted by Gasteiger charge is -2.13. The van der Waals surface area contributed by atoms with Gasteiger partial charge in [-0.1, -0.05) is 11.6 Å². The van der Waals surface area contributed by atoms with Gasteiger partial charge in [0.15, 0.2) is 11.6 Å². The summed E-state index contributed by atoms with van der Waals surface area (Å²) in [6.07, 6.45) is 2.17. The number of hydrogen-bond acceptors (Lipinski definition) is 7. The highest BCUT2D eigenvalue weighted by atomic mass is 35.5. The largest absolute Gasteiger partial charge is 0.393 e. The molecule has 1 amide bonds. The van der Waals surface area contributed by atoms with Crippen LogP contribution in [0.5, 0.6) is 0 Å². The van der Waals surface area contributed by atoms with Crippen LogP contribution >= 0.6 is 11.6 Å². The Morgan fingerprint density at radius 2 is 1.96 bits per heavy atom. The van der Waals surface area contributed by atoms with Crippen molar-refractivity contribution in [1.29, 1.82) is 0 Å². The number of ether oxygens (including phenoxy) is 1. The van der Waals surface area contributed by atoms with E-state index in [9.17, 15) is 4.79 Å². The predicted octanol–water partition coefficient (Wildman–Crippen LogP) is 1.92. The number of benzene rings is 1. The van der Waals surface area contributed by atoms with Gasteiger partial charge < -0.3 is 15.8 Å². The molecule has 2 rings (SSSR count). The molecule has 9 heteroatoms. The highest BCUT2D eigenvalue weighted by molar-refractivity contribution is 6.30. The Kier molecular flexibility index (Phi) is 6.59. The molecule has 5 N–H and O–H groups in total. The lowest BCUT2D eigenvalue weighted by molar-refractivity contribution is 0.0962. The number of nitrogen functional groups attached to an aromatic ring is 1. The molecule has 0 saturated heterocycles. The van der Waals surface area contributed by atoms with Crippen LogP contribution in [0, 0.1) is 0 Å². The fourth-order valence-electron chi connectivity index (χ4n) is 1.85. The van der Waals surface area contributed by atoms with Gasteiger partial charge in [-0.05, 0) is 30.7 Å². The molecule has 0 fully saturated rings. The van der Waals surface area contributed by atoms with Crippen molar-refractivity contribution in [3.8, 4) is 0 Å². The number of halogens is 1. The van der Waals surface area contributed by atoms with Crippen LogP contribution in [0.2, 0.25) is 5.02 Å². The van der Waals surface area contributed by atoms with Crippen molar-refractivity contribution in [1.82, 2.24) is 15.4 Å².